The van der Waals surface area contributed by atoms with Gasteiger partial charge >= 0.3 is 0 Å². The minimum absolute atomic E-state index is 0.225. The topological polar surface area (TPSA) is 64.2 Å². The highest BCUT2D eigenvalue weighted by molar-refractivity contribution is 5.76. The molecule has 0 saturated heterocycles. The second kappa shape index (κ2) is 5.12. The molecule has 2 rings (SSSR count). The number of hydrogen-bond donors (Lipinski definition) is 1. The molecule has 1 aliphatic heterocycles. The molecule has 0 unspecified atom stereocenters. The van der Waals surface area contributed by atoms with E-state index in [1.165, 1.54) is 0 Å². The van der Waals surface area contributed by atoms with Crippen LogP contribution in [0, 0.1) is 0 Å². The largest absolute Gasteiger partial charge is 0.333 e. The number of fused-ring (bicyclic) bond motifs is 1. The Morgan fingerprint density at radius 2 is 2.31 bits per heavy atom. The summed E-state index contributed by atoms with van der Waals surface area (Å²) < 4.78 is 2.10. The van der Waals surface area contributed by atoms with Gasteiger partial charge in [-0.3, -0.25) is 4.79 Å². The van der Waals surface area contributed by atoms with Gasteiger partial charge in [-0.2, -0.15) is 0 Å². The first-order valence-corrected chi connectivity index (χ1v) is 5.79. The van der Waals surface area contributed by atoms with Crippen LogP contribution in [0.15, 0.2) is 12.4 Å². The molecule has 0 fully saturated rings. The molecule has 1 aromatic rings. The van der Waals surface area contributed by atoms with Crippen molar-refractivity contribution in [1.82, 2.24) is 14.5 Å². The number of amides is 1. The normalized spacial score (nSPS) is 14.9. The Morgan fingerprint density at radius 3 is 3.12 bits per heavy atom. The van der Waals surface area contributed by atoms with Gasteiger partial charge in [-0.1, -0.05) is 0 Å². The summed E-state index contributed by atoms with van der Waals surface area (Å²) in [7, 11) is 0. The summed E-state index contributed by atoms with van der Waals surface area (Å²) in [4.78, 5) is 18.0. The average Bonchev–Trinajstić information content (AvgIpc) is 2.76. The fraction of sp³-hybridized carbons (Fsp3) is 0.636. The third kappa shape index (κ3) is 2.41. The molecule has 0 radical (unpaired) electrons. The Bertz CT molecular complexity index is 361. The zero-order chi connectivity index (χ0) is 11.4. The third-order valence-corrected chi connectivity index (χ3v) is 2.94. The van der Waals surface area contributed by atoms with Crippen molar-refractivity contribution in [1.29, 1.82) is 0 Å². The van der Waals surface area contributed by atoms with Gasteiger partial charge in [-0.05, 0) is 19.4 Å². The first-order chi connectivity index (χ1) is 7.81. The van der Waals surface area contributed by atoms with Gasteiger partial charge in [0.1, 0.15) is 5.82 Å². The highest BCUT2D eigenvalue weighted by Crippen LogP contribution is 2.12. The first kappa shape index (κ1) is 11.1. The van der Waals surface area contributed by atoms with Crippen LogP contribution >= 0.6 is 0 Å². The number of imidazole rings is 1. The minimum Gasteiger partial charge on any atom is -0.333 e. The lowest BCUT2D eigenvalue weighted by molar-refractivity contribution is -0.132. The van der Waals surface area contributed by atoms with E-state index in [0.717, 1.165) is 31.8 Å². The lowest BCUT2D eigenvalue weighted by Gasteiger charge is -2.27. The number of nitrogens with two attached hydrogens (primary N) is 1. The van der Waals surface area contributed by atoms with Crippen LogP contribution in [-0.2, 0) is 17.9 Å². The molecule has 16 heavy (non-hydrogen) atoms. The van der Waals surface area contributed by atoms with E-state index < -0.39 is 0 Å². The molecule has 2 heterocycles. The number of aromatic nitrogens is 2. The van der Waals surface area contributed by atoms with Gasteiger partial charge in [-0.25, -0.2) is 4.98 Å². The standard InChI is InChI=1S/C11H18N4O/c12-4-2-1-3-11(16)15-8-7-14-6-5-13-10(14)9-15/h5-6H,1-4,7-9,12H2. The van der Waals surface area contributed by atoms with E-state index >= 15 is 0 Å². The lowest BCUT2D eigenvalue weighted by Crippen LogP contribution is -2.38. The number of nitrogens with zero attached hydrogens (tertiary/aromatic N) is 3. The summed E-state index contributed by atoms with van der Waals surface area (Å²) in [6.07, 6.45) is 6.18. The van der Waals surface area contributed by atoms with Crippen molar-refractivity contribution in [3.63, 3.8) is 0 Å². The average molecular weight is 222 g/mol. The van der Waals surface area contributed by atoms with Gasteiger partial charge in [0.25, 0.3) is 0 Å². The van der Waals surface area contributed by atoms with Gasteiger partial charge in [0, 0.05) is 31.9 Å². The monoisotopic (exact) mass is 222 g/mol. The van der Waals surface area contributed by atoms with Gasteiger partial charge in [-0.15, -0.1) is 0 Å². The maximum absolute atomic E-state index is 11.9. The molecule has 1 aliphatic rings. The van der Waals surface area contributed by atoms with Crippen molar-refractivity contribution in [2.24, 2.45) is 5.73 Å². The fourth-order valence-corrected chi connectivity index (χ4v) is 1.97. The molecule has 0 aliphatic carbocycles. The lowest BCUT2D eigenvalue weighted by atomic mass is 10.2. The number of carbonyl (C=O) groups is 1. The SMILES string of the molecule is NCCCCC(=O)N1CCn2ccnc2C1. The van der Waals surface area contributed by atoms with Crippen LogP contribution < -0.4 is 5.73 Å². The molecule has 2 N–H and O–H groups in total. The molecule has 1 aromatic heterocycles. The van der Waals surface area contributed by atoms with Gasteiger partial charge in [0.2, 0.25) is 5.91 Å². The van der Waals surface area contributed by atoms with Crippen molar-refractivity contribution < 1.29 is 4.79 Å². The smallest absolute Gasteiger partial charge is 0.223 e. The second-order valence-corrected chi connectivity index (χ2v) is 4.10. The Kier molecular flexibility index (Phi) is 3.56. The minimum atomic E-state index is 0.225. The molecule has 88 valence electrons. The maximum atomic E-state index is 11.9. The van der Waals surface area contributed by atoms with Crippen molar-refractivity contribution >= 4 is 5.91 Å². The van der Waals surface area contributed by atoms with E-state index in [1.807, 2.05) is 11.1 Å². The quantitative estimate of drug-likeness (QED) is 0.748. The molecule has 0 aromatic carbocycles. The van der Waals surface area contributed by atoms with Crippen LogP contribution in [0.3, 0.4) is 0 Å². The van der Waals surface area contributed by atoms with E-state index in [4.69, 9.17) is 5.73 Å². The van der Waals surface area contributed by atoms with Crippen molar-refractivity contribution in [2.45, 2.75) is 32.4 Å². The van der Waals surface area contributed by atoms with Gasteiger partial charge in [0.15, 0.2) is 0 Å². The molecule has 1 amide bonds. The predicted molar refractivity (Wildman–Crippen MR) is 60.5 cm³/mol. The van der Waals surface area contributed by atoms with Crippen LogP contribution in [0.25, 0.3) is 0 Å². The van der Waals surface area contributed by atoms with Gasteiger partial charge < -0.3 is 15.2 Å². The Morgan fingerprint density at radius 1 is 1.44 bits per heavy atom. The Labute approximate surface area is 95.2 Å². The van der Waals surface area contributed by atoms with E-state index in [2.05, 4.69) is 9.55 Å². The number of unbranched alkanes of at least 4 members (excludes halogenated alkanes) is 1. The Balaban J connectivity index is 1.86. The molecule has 0 saturated carbocycles. The molecule has 5 heteroatoms. The van der Waals surface area contributed by atoms with E-state index in [0.29, 0.717) is 19.5 Å². The maximum Gasteiger partial charge on any atom is 0.223 e. The zero-order valence-electron chi connectivity index (χ0n) is 9.43. The summed E-state index contributed by atoms with van der Waals surface area (Å²) in [5.41, 5.74) is 5.40. The summed E-state index contributed by atoms with van der Waals surface area (Å²) in [5.74, 6) is 1.21. The highest BCUT2D eigenvalue weighted by Gasteiger charge is 2.20. The van der Waals surface area contributed by atoms with Crippen LogP contribution in [0.1, 0.15) is 25.1 Å². The van der Waals surface area contributed by atoms with Crippen molar-refractivity contribution in [2.75, 3.05) is 13.1 Å². The molecule has 0 bridgehead atoms. The number of carbonyl (C=O) groups excluding carboxylic acids is 1. The molecule has 0 spiro atoms. The van der Waals surface area contributed by atoms with Crippen molar-refractivity contribution in [3.8, 4) is 0 Å². The summed E-state index contributed by atoms with van der Waals surface area (Å²) in [6.45, 7) is 2.97. The zero-order valence-corrected chi connectivity index (χ0v) is 9.43. The summed E-state index contributed by atoms with van der Waals surface area (Å²) in [5, 5.41) is 0. The number of rotatable bonds is 4. The van der Waals surface area contributed by atoms with E-state index in [-0.39, 0.29) is 5.91 Å². The van der Waals surface area contributed by atoms with Crippen molar-refractivity contribution in [3.05, 3.63) is 18.2 Å². The van der Waals surface area contributed by atoms with Crippen LogP contribution in [0.5, 0.6) is 0 Å². The van der Waals surface area contributed by atoms with Crippen LogP contribution in [0.2, 0.25) is 0 Å². The fourth-order valence-electron chi connectivity index (χ4n) is 1.97. The molecular weight excluding hydrogens is 204 g/mol. The van der Waals surface area contributed by atoms with E-state index in [1.54, 1.807) is 6.20 Å². The van der Waals surface area contributed by atoms with Crippen LogP contribution in [-0.4, -0.2) is 33.4 Å². The third-order valence-electron chi connectivity index (χ3n) is 2.94. The molecule has 5 nitrogen and oxygen atoms in total. The predicted octanol–water partition coefficient (Wildman–Crippen LogP) is 0.354. The highest BCUT2D eigenvalue weighted by atomic mass is 16.2. The summed E-state index contributed by atoms with van der Waals surface area (Å²) in [6, 6.07) is 0. The Hall–Kier alpha value is -1.36. The van der Waals surface area contributed by atoms with E-state index in [9.17, 15) is 4.79 Å². The molecule has 0 atom stereocenters. The molecular formula is C11H18N4O. The number of hydrogen-bond acceptors (Lipinski definition) is 3. The second-order valence-electron chi connectivity index (χ2n) is 4.10. The summed E-state index contributed by atoms with van der Waals surface area (Å²) >= 11 is 0. The van der Waals surface area contributed by atoms with Gasteiger partial charge in [0.05, 0.1) is 6.54 Å². The van der Waals surface area contributed by atoms with Crippen LogP contribution in [0.4, 0.5) is 0 Å². The first-order valence-electron chi connectivity index (χ1n) is 5.79.